The lowest BCUT2D eigenvalue weighted by atomic mass is 10.2. The SMILES string of the molecule is CCNC(=NCc1ccccc1)NCC(=O)N(C)CCc1ccccn1. The summed E-state index contributed by atoms with van der Waals surface area (Å²) in [5.74, 6) is 0.661. The average molecular weight is 353 g/mol. The Morgan fingerprint density at radius 3 is 2.58 bits per heavy atom. The van der Waals surface area contributed by atoms with E-state index in [0.717, 1.165) is 24.2 Å². The highest BCUT2D eigenvalue weighted by molar-refractivity contribution is 5.86. The van der Waals surface area contributed by atoms with Crippen molar-refractivity contribution in [2.75, 3.05) is 26.7 Å². The first-order valence-electron chi connectivity index (χ1n) is 8.89. The fourth-order valence-electron chi connectivity index (χ4n) is 2.34. The molecule has 1 heterocycles. The number of guanidine groups is 1. The van der Waals surface area contributed by atoms with E-state index in [4.69, 9.17) is 0 Å². The highest BCUT2D eigenvalue weighted by atomic mass is 16.2. The van der Waals surface area contributed by atoms with Crippen LogP contribution in [0.15, 0.2) is 59.7 Å². The van der Waals surface area contributed by atoms with Gasteiger partial charge in [0.25, 0.3) is 0 Å². The molecule has 0 bridgehead atoms. The van der Waals surface area contributed by atoms with Gasteiger partial charge in [0.2, 0.25) is 5.91 Å². The quantitative estimate of drug-likeness (QED) is 0.561. The summed E-state index contributed by atoms with van der Waals surface area (Å²) < 4.78 is 0. The van der Waals surface area contributed by atoms with Crippen molar-refractivity contribution in [1.29, 1.82) is 0 Å². The third-order valence-electron chi connectivity index (χ3n) is 3.87. The van der Waals surface area contributed by atoms with E-state index in [-0.39, 0.29) is 12.5 Å². The summed E-state index contributed by atoms with van der Waals surface area (Å²) in [7, 11) is 1.81. The zero-order valence-corrected chi connectivity index (χ0v) is 15.5. The monoisotopic (exact) mass is 353 g/mol. The minimum atomic E-state index is 0.0197. The van der Waals surface area contributed by atoms with Gasteiger partial charge >= 0.3 is 0 Å². The third kappa shape index (κ3) is 6.93. The van der Waals surface area contributed by atoms with Gasteiger partial charge in [-0.25, -0.2) is 4.99 Å². The number of rotatable bonds is 8. The number of amides is 1. The lowest BCUT2D eigenvalue weighted by Crippen LogP contribution is -2.44. The Kier molecular flexibility index (Phi) is 8.12. The molecule has 0 aliphatic carbocycles. The van der Waals surface area contributed by atoms with Gasteiger partial charge in [0.1, 0.15) is 0 Å². The molecule has 0 spiro atoms. The second-order valence-electron chi connectivity index (χ2n) is 5.92. The van der Waals surface area contributed by atoms with Crippen molar-refractivity contribution in [3.63, 3.8) is 0 Å². The van der Waals surface area contributed by atoms with Crippen LogP contribution in [0.4, 0.5) is 0 Å². The van der Waals surface area contributed by atoms with E-state index in [9.17, 15) is 4.79 Å². The molecule has 0 unspecified atom stereocenters. The number of hydrogen-bond acceptors (Lipinski definition) is 3. The van der Waals surface area contributed by atoms with Crippen molar-refractivity contribution >= 4 is 11.9 Å². The van der Waals surface area contributed by atoms with Crippen molar-refractivity contribution in [3.8, 4) is 0 Å². The summed E-state index contributed by atoms with van der Waals surface area (Å²) in [6.45, 7) is 4.15. The summed E-state index contributed by atoms with van der Waals surface area (Å²) in [4.78, 5) is 22.8. The molecule has 2 rings (SSSR count). The number of hydrogen-bond donors (Lipinski definition) is 2. The predicted molar refractivity (Wildman–Crippen MR) is 105 cm³/mol. The zero-order valence-electron chi connectivity index (χ0n) is 15.5. The van der Waals surface area contributed by atoms with Crippen molar-refractivity contribution in [3.05, 3.63) is 66.0 Å². The van der Waals surface area contributed by atoms with Gasteiger partial charge in [-0.05, 0) is 24.6 Å². The number of nitrogens with zero attached hydrogens (tertiary/aromatic N) is 3. The molecule has 26 heavy (non-hydrogen) atoms. The van der Waals surface area contributed by atoms with Gasteiger partial charge in [0.15, 0.2) is 5.96 Å². The zero-order chi connectivity index (χ0) is 18.6. The number of aliphatic imine (C=N–C) groups is 1. The molecule has 6 nitrogen and oxygen atoms in total. The molecule has 1 aromatic heterocycles. The summed E-state index contributed by atoms with van der Waals surface area (Å²) in [5, 5.41) is 6.26. The molecular formula is C20H27N5O. The van der Waals surface area contributed by atoms with Gasteiger partial charge in [-0.15, -0.1) is 0 Å². The molecule has 0 fully saturated rings. The molecule has 1 aromatic carbocycles. The van der Waals surface area contributed by atoms with Crippen LogP contribution in [0.3, 0.4) is 0 Å². The van der Waals surface area contributed by atoms with Crippen LogP contribution in [0.1, 0.15) is 18.2 Å². The minimum absolute atomic E-state index is 0.0197. The average Bonchev–Trinajstić information content (AvgIpc) is 2.69. The smallest absolute Gasteiger partial charge is 0.241 e. The summed E-state index contributed by atoms with van der Waals surface area (Å²) in [6, 6.07) is 15.8. The Balaban J connectivity index is 1.80. The van der Waals surface area contributed by atoms with E-state index < -0.39 is 0 Å². The first kappa shape index (κ1) is 19.4. The fourth-order valence-corrected chi connectivity index (χ4v) is 2.34. The molecule has 138 valence electrons. The highest BCUT2D eigenvalue weighted by Crippen LogP contribution is 2.00. The molecule has 2 aromatic rings. The number of carbonyl (C=O) groups is 1. The van der Waals surface area contributed by atoms with Crippen molar-refractivity contribution in [2.24, 2.45) is 4.99 Å². The standard InChI is InChI=1S/C20H27N5O/c1-3-21-20(23-15-17-9-5-4-6-10-17)24-16-19(26)25(2)14-12-18-11-7-8-13-22-18/h4-11,13H,3,12,14-16H2,1-2H3,(H2,21,23,24). The van der Waals surface area contributed by atoms with E-state index in [1.54, 1.807) is 18.1 Å². The first-order valence-corrected chi connectivity index (χ1v) is 8.89. The lowest BCUT2D eigenvalue weighted by molar-refractivity contribution is -0.128. The number of carbonyl (C=O) groups excluding carboxylic acids is 1. The van der Waals surface area contributed by atoms with Crippen LogP contribution in [0, 0.1) is 0 Å². The van der Waals surface area contributed by atoms with Crippen molar-refractivity contribution in [1.82, 2.24) is 20.5 Å². The molecule has 0 saturated heterocycles. The highest BCUT2D eigenvalue weighted by Gasteiger charge is 2.09. The summed E-state index contributed by atoms with van der Waals surface area (Å²) in [5.41, 5.74) is 2.11. The Morgan fingerprint density at radius 2 is 1.88 bits per heavy atom. The largest absolute Gasteiger partial charge is 0.357 e. The van der Waals surface area contributed by atoms with Gasteiger partial charge in [-0.2, -0.15) is 0 Å². The van der Waals surface area contributed by atoms with E-state index in [1.165, 1.54) is 0 Å². The second-order valence-corrected chi connectivity index (χ2v) is 5.92. The number of likely N-dealkylation sites (N-methyl/N-ethyl adjacent to an activating group) is 1. The number of nitrogens with one attached hydrogen (secondary N) is 2. The summed E-state index contributed by atoms with van der Waals surface area (Å²) in [6.07, 6.45) is 2.51. The minimum Gasteiger partial charge on any atom is -0.357 e. The fraction of sp³-hybridized carbons (Fsp3) is 0.350. The molecule has 0 aliphatic heterocycles. The van der Waals surface area contributed by atoms with Gasteiger partial charge in [0.05, 0.1) is 13.1 Å². The molecule has 2 N–H and O–H groups in total. The lowest BCUT2D eigenvalue weighted by Gasteiger charge is -2.18. The van der Waals surface area contributed by atoms with Crippen LogP contribution in [-0.4, -0.2) is 48.4 Å². The van der Waals surface area contributed by atoms with Crippen molar-refractivity contribution in [2.45, 2.75) is 19.9 Å². The second kappa shape index (κ2) is 10.9. The Bertz CT molecular complexity index is 688. The maximum absolute atomic E-state index is 12.3. The van der Waals surface area contributed by atoms with E-state index in [1.807, 2.05) is 55.5 Å². The van der Waals surface area contributed by atoms with Crippen molar-refractivity contribution < 1.29 is 4.79 Å². The maximum Gasteiger partial charge on any atom is 0.241 e. The van der Waals surface area contributed by atoms with Crippen LogP contribution in [0.2, 0.25) is 0 Å². The molecule has 0 saturated carbocycles. The molecule has 0 aliphatic rings. The third-order valence-corrected chi connectivity index (χ3v) is 3.87. The first-order chi connectivity index (χ1) is 12.7. The summed E-state index contributed by atoms with van der Waals surface area (Å²) >= 11 is 0. The number of pyridine rings is 1. The van der Waals surface area contributed by atoms with Gasteiger partial charge in [-0.3, -0.25) is 9.78 Å². The van der Waals surface area contributed by atoms with Crippen LogP contribution in [0.5, 0.6) is 0 Å². The molecular weight excluding hydrogens is 326 g/mol. The normalized spacial score (nSPS) is 11.1. The number of benzene rings is 1. The van der Waals surface area contributed by atoms with Crippen LogP contribution >= 0.6 is 0 Å². The van der Waals surface area contributed by atoms with E-state index in [2.05, 4.69) is 20.6 Å². The molecule has 0 atom stereocenters. The molecule has 0 radical (unpaired) electrons. The topological polar surface area (TPSA) is 69.6 Å². The van der Waals surface area contributed by atoms with E-state index >= 15 is 0 Å². The Labute approximate surface area is 155 Å². The van der Waals surface area contributed by atoms with Gasteiger partial charge in [0, 0.05) is 38.4 Å². The molecule has 6 heteroatoms. The van der Waals surface area contributed by atoms with Crippen LogP contribution in [0.25, 0.3) is 0 Å². The molecule has 1 amide bonds. The van der Waals surface area contributed by atoms with Crippen LogP contribution < -0.4 is 10.6 Å². The van der Waals surface area contributed by atoms with Gasteiger partial charge < -0.3 is 15.5 Å². The maximum atomic E-state index is 12.3. The Hall–Kier alpha value is -2.89. The predicted octanol–water partition coefficient (Wildman–Crippen LogP) is 1.84. The van der Waals surface area contributed by atoms with E-state index in [0.29, 0.717) is 19.0 Å². The number of aromatic nitrogens is 1. The van der Waals surface area contributed by atoms with Crippen LogP contribution in [-0.2, 0) is 17.8 Å². The Morgan fingerprint density at radius 1 is 1.12 bits per heavy atom. The van der Waals surface area contributed by atoms with Gasteiger partial charge in [-0.1, -0.05) is 36.4 Å².